The zero-order chi connectivity index (χ0) is 13.1. The zero-order valence-corrected chi connectivity index (χ0v) is 14.5. The van der Waals surface area contributed by atoms with E-state index >= 15 is 0 Å². The smallest absolute Gasteiger partial charge is 0.0166 e. The number of aromatic nitrogens is 1. The molecule has 3 heteroatoms. The van der Waals surface area contributed by atoms with Crippen molar-refractivity contribution in [1.82, 2.24) is 4.98 Å². The summed E-state index contributed by atoms with van der Waals surface area (Å²) in [5.41, 5.74) is 4.29. The summed E-state index contributed by atoms with van der Waals surface area (Å²) in [7, 11) is 0. The van der Waals surface area contributed by atoms with Gasteiger partial charge in [0.05, 0.1) is 0 Å². The van der Waals surface area contributed by atoms with E-state index in [-0.39, 0.29) is 20.1 Å². The number of nitrogens with zero attached hydrogens (tertiary/aromatic N) is 1. The molecule has 3 aromatic rings. The SMILES string of the molecule is Brc1cc[c-]c(-c2cc(-c3ccccc3)ccn2)c1.[Ir]. The summed E-state index contributed by atoms with van der Waals surface area (Å²) in [5, 5.41) is 0. The molecule has 0 saturated carbocycles. The van der Waals surface area contributed by atoms with Crippen LogP contribution in [0.25, 0.3) is 22.4 Å². The third kappa shape index (κ3) is 3.43. The van der Waals surface area contributed by atoms with Gasteiger partial charge in [-0.05, 0) is 22.9 Å². The van der Waals surface area contributed by atoms with Gasteiger partial charge in [0.25, 0.3) is 0 Å². The molecule has 0 aliphatic carbocycles. The van der Waals surface area contributed by atoms with E-state index in [1.54, 1.807) is 0 Å². The number of benzene rings is 2. The van der Waals surface area contributed by atoms with Gasteiger partial charge in [-0.2, -0.15) is 0 Å². The molecule has 0 bridgehead atoms. The fraction of sp³-hybridized carbons (Fsp3) is 0. The summed E-state index contributed by atoms with van der Waals surface area (Å²) in [5.74, 6) is 0. The Bertz CT molecular complexity index is 698. The van der Waals surface area contributed by atoms with Crippen LogP contribution in [0.5, 0.6) is 0 Å². The average molecular weight is 501 g/mol. The first-order chi connectivity index (χ1) is 9.33. The second kappa shape index (κ2) is 6.94. The molecule has 2 aromatic carbocycles. The first-order valence-corrected chi connectivity index (χ1v) is 6.81. The van der Waals surface area contributed by atoms with E-state index in [2.05, 4.69) is 45.2 Å². The van der Waals surface area contributed by atoms with Gasteiger partial charge in [-0.25, -0.2) is 0 Å². The van der Waals surface area contributed by atoms with Crippen LogP contribution in [0, 0.1) is 6.07 Å². The molecule has 0 fully saturated rings. The Balaban J connectivity index is 0.00000147. The average Bonchev–Trinajstić information content (AvgIpc) is 2.48. The van der Waals surface area contributed by atoms with Crippen LogP contribution >= 0.6 is 15.9 Å². The standard InChI is InChI=1S/C17H11BrN.Ir/c18-16-8-4-7-15(11-16)17-12-14(9-10-19-17)13-5-2-1-3-6-13;/h1-6,8-12H;/q-1;. The Morgan fingerprint density at radius 3 is 2.45 bits per heavy atom. The Morgan fingerprint density at radius 2 is 1.70 bits per heavy atom. The number of hydrogen-bond donors (Lipinski definition) is 0. The summed E-state index contributed by atoms with van der Waals surface area (Å²) < 4.78 is 1.04. The van der Waals surface area contributed by atoms with E-state index in [4.69, 9.17) is 0 Å². The number of halogens is 1. The quantitative estimate of drug-likeness (QED) is 0.452. The first kappa shape index (κ1) is 15.1. The molecule has 1 radical (unpaired) electrons. The largest absolute Gasteiger partial charge is 0.305 e. The summed E-state index contributed by atoms with van der Waals surface area (Å²) in [6.45, 7) is 0. The predicted molar refractivity (Wildman–Crippen MR) is 81.6 cm³/mol. The Morgan fingerprint density at radius 1 is 0.900 bits per heavy atom. The van der Waals surface area contributed by atoms with Gasteiger partial charge in [0, 0.05) is 26.3 Å². The normalized spacial score (nSPS) is 9.85. The van der Waals surface area contributed by atoms with Crippen LogP contribution in [0.3, 0.4) is 0 Å². The van der Waals surface area contributed by atoms with Crippen molar-refractivity contribution >= 4 is 15.9 Å². The van der Waals surface area contributed by atoms with E-state index in [0.717, 1.165) is 15.7 Å². The van der Waals surface area contributed by atoms with Crippen LogP contribution in [0.2, 0.25) is 0 Å². The van der Waals surface area contributed by atoms with E-state index in [1.165, 1.54) is 11.1 Å². The summed E-state index contributed by atoms with van der Waals surface area (Å²) in [6, 6.07) is 23.5. The van der Waals surface area contributed by atoms with Crippen molar-refractivity contribution in [2.45, 2.75) is 0 Å². The molecule has 0 spiro atoms. The molecule has 0 aliphatic heterocycles. The second-order valence-electron chi connectivity index (χ2n) is 4.22. The summed E-state index contributed by atoms with van der Waals surface area (Å²) >= 11 is 3.48. The molecule has 1 nitrogen and oxygen atoms in total. The van der Waals surface area contributed by atoms with Crippen LogP contribution in [0.15, 0.2) is 71.3 Å². The number of rotatable bonds is 2. The molecule has 0 N–H and O–H groups in total. The Labute approximate surface area is 140 Å². The number of pyridine rings is 1. The van der Waals surface area contributed by atoms with Crippen molar-refractivity contribution in [1.29, 1.82) is 0 Å². The first-order valence-electron chi connectivity index (χ1n) is 6.02. The van der Waals surface area contributed by atoms with Gasteiger partial charge in [-0.3, -0.25) is 0 Å². The topological polar surface area (TPSA) is 12.9 Å². The van der Waals surface area contributed by atoms with Gasteiger partial charge in [-0.15, -0.1) is 29.8 Å². The zero-order valence-electron chi connectivity index (χ0n) is 10.5. The van der Waals surface area contributed by atoms with Crippen LogP contribution in [-0.4, -0.2) is 4.98 Å². The molecule has 1 aromatic heterocycles. The van der Waals surface area contributed by atoms with E-state index < -0.39 is 0 Å². The van der Waals surface area contributed by atoms with Crippen molar-refractivity contribution < 1.29 is 20.1 Å². The van der Waals surface area contributed by atoms with Crippen molar-refractivity contribution in [3.63, 3.8) is 0 Å². The van der Waals surface area contributed by atoms with Crippen molar-refractivity contribution in [2.24, 2.45) is 0 Å². The third-order valence-corrected chi connectivity index (χ3v) is 3.40. The van der Waals surface area contributed by atoms with Crippen molar-refractivity contribution in [3.8, 4) is 22.4 Å². The van der Waals surface area contributed by atoms with Crippen LogP contribution in [0.4, 0.5) is 0 Å². The van der Waals surface area contributed by atoms with Gasteiger partial charge in [0.2, 0.25) is 0 Å². The van der Waals surface area contributed by atoms with Crippen LogP contribution in [0.1, 0.15) is 0 Å². The molecule has 0 unspecified atom stereocenters. The number of hydrogen-bond acceptors (Lipinski definition) is 1. The molecule has 20 heavy (non-hydrogen) atoms. The molecule has 0 saturated heterocycles. The Kier molecular flexibility index (Phi) is 5.24. The predicted octanol–water partition coefficient (Wildman–Crippen LogP) is 4.98. The second-order valence-corrected chi connectivity index (χ2v) is 5.13. The minimum atomic E-state index is 0. The van der Waals surface area contributed by atoms with Gasteiger partial charge in [0.1, 0.15) is 0 Å². The molecule has 0 aliphatic rings. The molecular formula is C17H11BrIrN-. The maximum Gasteiger partial charge on any atom is 0.0166 e. The van der Waals surface area contributed by atoms with Crippen LogP contribution < -0.4 is 0 Å². The van der Waals surface area contributed by atoms with Crippen molar-refractivity contribution in [3.05, 3.63) is 77.4 Å². The summed E-state index contributed by atoms with van der Waals surface area (Å²) in [6.07, 6.45) is 1.84. The molecular weight excluding hydrogens is 490 g/mol. The molecule has 0 amide bonds. The minimum absolute atomic E-state index is 0. The summed E-state index contributed by atoms with van der Waals surface area (Å²) in [4.78, 5) is 4.42. The minimum Gasteiger partial charge on any atom is -0.305 e. The maximum absolute atomic E-state index is 4.42. The van der Waals surface area contributed by atoms with Gasteiger partial charge >= 0.3 is 0 Å². The van der Waals surface area contributed by atoms with Crippen molar-refractivity contribution in [2.75, 3.05) is 0 Å². The Hall–Kier alpha value is -1.28. The fourth-order valence-electron chi connectivity index (χ4n) is 1.97. The van der Waals surface area contributed by atoms with Gasteiger partial charge in [-0.1, -0.05) is 56.8 Å². The monoisotopic (exact) mass is 501 g/mol. The van der Waals surface area contributed by atoms with E-state index in [0.29, 0.717) is 0 Å². The maximum atomic E-state index is 4.42. The van der Waals surface area contributed by atoms with E-state index in [1.807, 2.05) is 48.7 Å². The fourth-order valence-corrected chi connectivity index (χ4v) is 2.34. The molecule has 0 atom stereocenters. The van der Waals surface area contributed by atoms with E-state index in [9.17, 15) is 0 Å². The van der Waals surface area contributed by atoms with Gasteiger partial charge < -0.3 is 4.98 Å². The van der Waals surface area contributed by atoms with Gasteiger partial charge in [0.15, 0.2) is 0 Å². The molecule has 1 heterocycles. The molecule has 3 rings (SSSR count). The third-order valence-electron chi connectivity index (χ3n) is 2.91. The molecule has 101 valence electrons. The van der Waals surface area contributed by atoms with Crippen LogP contribution in [-0.2, 0) is 20.1 Å².